The van der Waals surface area contributed by atoms with Crippen LogP contribution in [0, 0.1) is 0 Å². The van der Waals surface area contributed by atoms with Crippen LogP contribution in [0.1, 0.15) is 19.3 Å². The molecule has 1 heterocycles. The monoisotopic (exact) mass is 124 g/mol. The standard InChI is InChI=1S/C7H12N2/c1-2-4-8-6-7-9-5-3-1/h6-7H,1-5H2. The summed E-state index contributed by atoms with van der Waals surface area (Å²) < 4.78 is 0. The Morgan fingerprint density at radius 3 is 1.89 bits per heavy atom. The predicted octanol–water partition coefficient (Wildman–Crippen LogP) is 1.31. The van der Waals surface area contributed by atoms with Crippen molar-refractivity contribution in [1.29, 1.82) is 0 Å². The maximum Gasteiger partial charge on any atom is 0.0390 e. The molecule has 1 aliphatic heterocycles. The molecule has 0 N–H and O–H groups in total. The first kappa shape index (κ1) is 6.46. The lowest BCUT2D eigenvalue weighted by atomic mass is 10.2. The van der Waals surface area contributed by atoms with Gasteiger partial charge in [0.05, 0.1) is 0 Å². The second kappa shape index (κ2) is 4.24. The van der Waals surface area contributed by atoms with Crippen molar-refractivity contribution in [2.45, 2.75) is 19.3 Å². The van der Waals surface area contributed by atoms with Crippen LogP contribution in [-0.4, -0.2) is 25.5 Å². The average molecular weight is 124 g/mol. The van der Waals surface area contributed by atoms with Crippen LogP contribution in [0.15, 0.2) is 9.98 Å². The lowest BCUT2D eigenvalue weighted by molar-refractivity contribution is 0.701. The van der Waals surface area contributed by atoms with Gasteiger partial charge in [-0.2, -0.15) is 0 Å². The zero-order valence-corrected chi connectivity index (χ0v) is 5.58. The summed E-state index contributed by atoms with van der Waals surface area (Å²) in [6, 6.07) is 0. The average Bonchev–Trinajstić information content (AvgIpc) is 2.00. The number of aliphatic imine (C=N–C) groups is 2. The Morgan fingerprint density at radius 1 is 0.778 bits per heavy atom. The van der Waals surface area contributed by atoms with E-state index in [1.807, 2.05) is 0 Å². The van der Waals surface area contributed by atoms with Gasteiger partial charge in [0.25, 0.3) is 0 Å². The molecule has 0 fully saturated rings. The van der Waals surface area contributed by atoms with Crippen LogP contribution in [0.25, 0.3) is 0 Å². The van der Waals surface area contributed by atoms with Crippen molar-refractivity contribution in [1.82, 2.24) is 0 Å². The van der Waals surface area contributed by atoms with E-state index >= 15 is 0 Å². The maximum absolute atomic E-state index is 4.12. The van der Waals surface area contributed by atoms with E-state index in [1.54, 1.807) is 12.4 Å². The SMILES string of the molecule is C1=NCCCCCN=C1. The van der Waals surface area contributed by atoms with E-state index in [0.29, 0.717) is 0 Å². The largest absolute Gasteiger partial charge is 0.292 e. The van der Waals surface area contributed by atoms with Crippen LogP contribution >= 0.6 is 0 Å². The van der Waals surface area contributed by atoms with Gasteiger partial charge in [-0.3, -0.25) is 9.98 Å². The van der Waals surface area contributed by atoms with Gasteiger partial charge < -0.3 is 0 Å². The molecule has 0 saturated carbocycles. The molecular formula is C7H12N2. The van der Waals surface area contributed by atoms with Crippen molar-refractivity contribution >= 4 is 12.4 Å². The highest BCUT2D eigenvalue weighted by atomic mass is 14.7. The van der Waals surface area contributed by atoms with Crippen LogP contribution in [0.2, 0.25) is 0 Å². The molecule has 0 radical (unpaired) electrons. The third kappa shape index (κ3) is 3.01. The van der Waals surface area contributed by atoms with Crippen molar-refractivity contribution in [2.75, 3.05) is 13.1 Å². The molecule has 2 heteroatoms. The molecule has 0 aromatic rings. The maximum atomic E-state index is 4.12. The number of hydrogen-bond donors (Lipinski definition) is 0. The molecule has 0 saturated heterocycles. The molecule has 50 valence electrons. The molecule has 0 spiro atoms. The smallest absolute Gasteiger partial charge is 0.0390 e. The Labute approximate surface area is 55.7 Å². The summed E-state index contributed by atoms with van der Waals surface area (Å²) >= 11 is 0. The van der Waals surface area contributed by atoms with Crippen LogP contribution < -0.4 is 0 Å². The van der Waals surface area contributed by atoms with E-state index in [-0.39, 0.29) is 0 Å². The van der Waals surface area contributed by atoms with Crippen LogP contribution in [0.5, 0.6) is 0 Å². The summed E-state index contributed by atoms with van der Waals surface area (Å²) in [6.07, 6.45) is 7.31. The number of nitrogens with zero attached hydrogens (tertiary/aromatic N) is 2. The zero-order chi connectivity index (χ0) is 6.36. The summed E-state index contributed by atoms with van der Waals surface area (Å²) in [5.74, 6) is 0. The van der Waals surface area contributed by atoms with Gasteiger partial charge in [0.15, 0.2) is 0 Å². The molecule has 9 heavy (non-hydrogen) atoms. The van der Waals surface area contributed by atoms with Crippen molar-refractivity contribution < 1.29 is 0 Å². The molecule has 0 aromatic carbocycles. The van der Waals surface area contributed by atoms with Gasteiger partial charge in [0.1, 0.15) is 0 Å². The second-order valence-electron chi connectivity index (χ2n) is 2.17. The Bertz CT molecular complexity index is 102. The normalized spacial score (nSPS) is 20.4. The van der Waals surface area contributed by atoms with Crippen molar-refractivity contribution in [3.05, 3.63) is 0 Å². The highest BCUT2D eigenvalue weighted by Gasteiger charge is 1.87. The number of hydrogen-bond acceptors (Lipinski definition) is 2. The van der Waals surface area contributed by atoms with Crippen molar-refractivity contribution in [2.24, 2.45) is 9.98 Å². The minimum absolute atomic E-state index is 0.978. The molecule has 1 rings (SSSR count). The Balaban J connectivity index is 2.28. The van der Waals surface area contributed by atoms with Crippen LogP contribution in [-0.2, 0) is 0 Å². The van der Waals surface area contributed by atoms with Gasteiger partial charge in [0.2, 0.25) is 0 Å². The Hall–Kier alpha value is -0.660. The molecule has 0 aromatic heterocycles. The van der Waals surface area contributed by atoms with E-state index in [1.165, 1.54) is 19.3 Å². The van der Waals surface area contributed by atoms with Gasteiger partial charge in [-0.1, -0.05) is 0 Å². The quantitative estimate of drug-likeness (QED) is 0.465. The summed E-state index contributed by atoms with van der Waals surface area (Å²) in [4.78, 5) is 8.23. The van der Waals surface area contributed by atoms with Gasteiger partial charge >= 0.3 is 0 Å². The lowest BCUT2D eigenvalue weighted by Crippen LogP contribution is -1.82. The highest BCUT2D eigenvalue weighted by molar-refractivity contribution is 6.15. The first-order chi connectivity index (χ1) is 4.50. The van der Waals surface area contributed by atoms with E-state index in [0.717, 1.165) is 13.1 Å². The molecule has 0 aliphatic carbocycles. The molecular weight excluding hydrogens is 112 g/mol. The number of rotatable bonds is 0. The van der Waals surface area contributed by atoms with Gasteiger partial charge in [0, 0.05) is 25.5 Å². The third-order valence-electron chi connectivity index (χ3n) is 1.35. The first-order valence-electron chi connectivity index (χ1n) is 3.48. The summed E-state index contributed by atoms with van der Waals surface area (Å²) in [5, 5.41) is 0. The van der Waals surface area contributed by atoms with E-state index < -0.39 is 0 Å². The molecule has 1 aliphatic rings. The van der Waals surface area contributed by atoms with E-state index in [9.17, 15) is 0 Å². The van der Waals surface area contributed by atoms with Gasteiger partial charge in [-0.25, -0.2) is 0 Å². The second-order valence-corrected chi connectivity index (χ2v) is 2.17. The molecule has 0 atom stereocenters. The van der Waals surface area contributed by atoms with Crippen molar-refractivity contribution in [3.63, 3.8) is 0 Å². The summed E-state index contributed by atoms with van der Waals surface area (Å²) in [7, 11) is 0. The lowest BCUT2D eigenvalue weighted by Gasteiger charge is -1.91. The fraction of sp³-hybridized carbons (Fsp3) is 0.714. The minimum atomic E-state index is 0.978. The van der Waals surface area contributed by atoms with E-state index in [4.69, 9.17) is 0 Å². The predicted molar refractivity (Wildman–Crippen MR) is 40.6 cm³/mol. The van der Waals surface area contributed by atoms with E-state index in [2.05, 4.69) is 9.98 Å². The fourth-order valence-corrected chi connectivity index (χ4v) is 0.826. The molecule has 2 nitrogen and oxygen atoms in total. The van der Waals surface area contributed by atoms with Crippen LogP contribution in [0.3, 0.4) is 0 Å². The van der Waals surface area contributed by atoms with Gasteiger partial charge in [-0.15, -0.1) is 0 Å². The topological polar surface area (TPSA) is 24.7 Å². The molecule has 0 bridgehead atoms. The van der Waals surface area contributed by atoms with Crippen LogP contribution in [0.4, 0.5) is 0 Å². The summed E-state index contributed by atoms with van der Waals surface area (Å²) in [6.45, 7) is 1.96. The zero-order valence-electron chi connectivity index (χ0n) is 5.58. The molecule has 0 amide bonds. The fourth-order valence-electron chi connectivity index (χ4n) is 0.826. The highest BCUT2D eigenvalue weighted by Crippen LogP contribution is 1.96. The Morgan fingerprint density at radius 2 is 1.33 bits per heavy atom. The van der Waals surface area contributed by atoms with Crippen molar-refractivity contribution in [3.8, 4) is 0 Å². The minimum Gasteiger partial charge on any atom is -0.292 e. The molecule has 0 unspecified atom stereocenters. The van der Waals surface area contributed by atoms with Gasteiger partial charge in [-0.05, 0) is 19.3 Å². The Kier molecular flexibility index (Phi) is 3.04. The summed E-state index contributed by atoms with van der Waals surface area (Å²) in [5.41, 5.74) is 0. The first-order valence-corrected chi connectivity index (χ1v) is 3.48. The third-order valence-corrected chi connectivity index (χ3v) is 1.35.